The van der Waals surface area contributed by atoms with E-state index in [-0.39, 0.29) is 35.9 Å². The summed E-state index contributed by atoms with van der Waals surface area (Å²) in [4.78, 5) is 33.0. The Hall–Kier alpha value is -2.48. The number of benzene rings is 1. The Morgan fingerprint density at radius 2 is 1.77 bits per heavy atom. The molecule has 308 valence electrons. The predicted molar refractivity (Wildman–Crippen MR) is 227 cm³/mol. The van der Waals surface area contributed by atoms with Crippen LogP contribution in [0.5, 0.6) is 0 Å². The van der Waals surface area contributed by atoms with E-state index >= 15 is 0 Å². The number of amides is 1. The number of nitrogens with zero attached hydrogens (tertiary/aromatic N) is 1. The summed E-state index contributed by atoms with van der Waals surface area (Å²) in [5.41, 5.74) is 2.36. The zero-order chi connectivity index (χ0) is 40.2. The van der Waals surface area contributed by atoms with Crippen molar-refractivity contribution in [1.82, 2.24) is 4.90 Å². The van der Waals surface area contributed by atoms with Gasteiger partial charge >= 0.3 is 6.09 Å². The monoisotopic (exact) mass is 786 g/mol. The third-order valence-electron chi connectivity index (χ3n) is 16.3. The molecule has 1 aromatic heterocycles. The Labute approximate surface area is 341 Å². The maximum absolute atomic E-state index is 14.8. The second-order valence-electron chi connectivity index (χ2n) is 20.5. The van der Waals surface area contributed by atoms with Crippen LogP contribution in [0.25, 0.3) is 0 Å². The summed E-state index contributed by atoms with van der Waals surface area (Å²) in [7, 11) is 0. The van der Waals surface area contributed by atoms with E-state index in [1.165, 1.54) is 36.2 Å². The van der Waals surface area contributed by atoms with Crippen LogP contribution >= 0.6 is 11.3 Å². The fourth-order valence-electron chi connectivity index (χ4n) is 12.3. The van der Waals surface area contributed by atoms with Gasteiger partial charge in [0, 0.05) is 22.4 Å². The lowest BCUT2D eigenvalue weighted by Crippen LogP contribution is -2.58. The number of allylic oxidation sites excluding steroid dienone is 2. The first-order valence-electron chi connectivity index (χ1n) is 22.2. The minimum Gasteiger partial charge on any atom is -0.446 e. The largest absolute Gasteiger partial charge is 0.446 e. The molecule has 5 saturated carbocycles. The number of fused-ring (bicyclic) bond motifs is 10. The molecule has 7 aliphatic carbocycles. The maximum atomic E-state index is 14.8. The van der Waals surface area contributed by atoms with Crippen LogP contribution in [0, 0.1) is 53.3 Å². The van der Waals surface area contributed by atoms with Gasteiger partial charge in [0.1, 0.15) is 6.10 Å². The van der Waals surface area contributed by atoms with E-state index in [9.17, 15) is 19.8 Å². The van der Waals surface area contributed by atoms with Gasteiger partial charge in [-0.3, -0.25) is 4.79 Å². The average Bonchev–Trinajstić information content (AvgIpc) is 3.69. The van der Waals surface area contributed by atoms with Gasteiger partial charge in [0.15, 0.2) is 0 Å². The Balaban J connectivity index is 1.26. The van der Waals surface area contributed by atoms with E-state index in [1.54, 1.807) is 0 Å². The van der Waals surface area contributed by atoms with Crippen LogP contribution in [0.2, 0.25) is 0 Å². The molecule has 0 aliphatic heterocycles. The first kappa shape index (κ1) is 41.7. The van der Waals surface area contributed by atoms with Crippen LogP contribution in [0.3, 0.4) is 0 Å². The number of ketones is 1. The zero-order valence-corrected chi connectivity index (χ0v) is 36.6. The van der Waals surface area contributed by atoms with Crippen LogP contribution < -0.4 is 0 Å². The van der Waals surface area contributed by atoms with E-state index in [1.807, 2.05) is 30.0 Å². The molecule has 4 bridgehead atoms. The number of carbonyl (C=O) groups excluding carboxylic acids is 2. The van der Waals surface area contributed by atoms with Crippen LogP contribution in [0.4, 0.5) is 4.79 Å². The van der Waals surface area contributed by atoms with Gasteiger partial charge in [-0.25, -0.2) is 4.79 Å². The minimum absolute atomic E-state index is 0.0143. The predicted octanol–water partition coefficient (Wildman–Crippen LogP) is 11.3. The molecule has 0 saturated heterocycles. The highest BCUT2D eigenvalue weighted by molar-refractivity contribution is 7.14. The number of rotatable bonds is 8. The highest BCUT2D eigenvalue weighted by Crippen LogP contribution is 2.62. The first-order valence-corrected chi connectivity index (χ1v) is 23.1. The van der Waals surface area contributed by atoms with Crippen molar-refractivity contribution in [2.45, 2.75) is 163 Å². The second-order valence-corrected chi connectivity index (χ2v) is 21.8. The summed E-state index contributed by atoms with van der Waals surface area (Å²) < 4.78 is 6.65. The van der Waals surface area contributed by atoms with Crippen LogP contribution in [-0.2, 0) is 11.2 Å². The van der Waals surface area contributed by atoms with Crippen molar-refractivity contribution in [1.29, 1.82) is 0 Å². The molecule has 5 fully saturated rings. The van der Waals surface area contributed by atoms with Gasteiger partial charge in [0.2, 0.25) is 5.78 Å². The molecular weight excluding hydrogens is 715 g/mol. The van der Waals surface area contributed by atoms with Crippen molar-refractivity contribution in [3.05, 3.63) is 68.4 Å². The van der Waals surface area contributed by atoms with Gasteiger partial charge in [-0.1, -0.05) is 71.7 Å². The van der Waals surface area contributed by atoms with E-state index in [2.05, 4.69) is 66.7 Å². The lowest BCUT2D eigenvalue weighted by Gasteiger charge is -2.60. The van der Waals surface area contributed by atoms with E-state index in [0.717, 1.165) is 71.7 Å². The van der Waals surface area contributed by atoms with Crippen molar-refractivity contribution >= 4 is 23.2 Å². The summed E-state index contributed by atoms with van der Waals surface area (Å²) >= 11 is 1.52. The molecule has 56 heavy (non-hydrogen) atoms. The van der Waals surface area contributed by atoms with Crippen LogP contribution in [0.15, 0.2) is 42.0 Å². The second kappa shape index (κ2) is 16.3. The summed E-state index contributed by atoms with van der Waals surface area (Å²) in [6.07, 6.45) is 12.9. The number of aliphatic hydroxyl groups excluding tert-OH is 1. The molecule has 6 nitrogen and oxygen atoms in total. The first-order chi connectivity index (χ1) is 26.5. The molecule has 1 amide bonds. The number of thiophene rings is 1. The van der Waals surface area contributed by atoms with Gasteiger partial charge in [-0.05, 0) is 167 Å². The number of hydrogen-bond donors (Lipinski definition) is 2. The van der Waals surface area contributed by atoms with E-state index in [0.29, 0.717) is 61.0 Å². The van der Waals surface area contributed by atoms with Crippen molar-refractivity contribution in [3.8, 4) is 0 Å². The average molecular weight is 786 g/mol. The Morgan fingerprint density at radius 1 is 0.982 bits per heavy atom. The zero-order valence-electron chi connectivity index (χ0n) is 35.7. The summed E-state index contributed by atoms with van der Waals surface area (Å²) in [5.74, 6) is 2.95. The molecule has 2 N–H and O–H groups in total. The van der Waals surface area contributed by atoms with Crippen LogP contribution in [-0.4, -0.2) is 57.9 Å². The molecule has 0 spiro atoms. The van der Waals surface area contributed by atoms with Crippen molar-refractivity contribution in [2.24, 2.45) is 46.3 Å². The van der Waals surface area contributed by atoms with Crippen molar-refractivity contribution < 1.29 is 24.5 Å². The fourth-order valence-corrected chi connectivity index (χ4v) is 13.1. The van der Waals surface area contributed by atoms with E-state index in [4.69, 9.17) is 4.74 Å². The highest BCUT2D eigenvalue weighted by Gasteiger charge is 2.59. The third-order valence-corrected chi connectivity index (χ3v) is 17.3. The molecule has 9 rings (SSSR count). The summed E-state index contributed by atoms with van der Waals surface area (Å²) in [6, 6.07) is 10.2. The number of ether oxygens (including phenoxy) is 1. The van der Waals surface area contributed by atoms with Gasteiger partial charge in [0.05, 0.1) is 23.1 Å². The molecule has 1 heterocycles. The summed E-state index contributed by atoms with van der Waals surface area (Å²) in [6.45, 7) is 18.9. The molecule has 10 atom stereocenters. The lowest BCUT2D eigenvalue weighted by atomic mass is 9.45. The number of carbonyl (C=O) groups is 2. The van der Waals surface area contributed by atoms with Crippen molar-refractivity contribution in [3.63, 3.8) is 0 Å². The summed E-state index contributed by atoms with van der Waals surface area (Å²) in [5, 5.41) is 24.4. The normalized spacial score (nSPS) is 35.6. The quantitative estimate of drug-likeness (QED) is 0.206. The van der Waals surface area contributed by atoms with Gasteiger partial charge in [-0.15, -0.1) is 11.3 Å². The van der Waals surface area contributed by atoms with Gasteiger partial charge in [0.25, 0.3) is 0 Å². The topological polar surface area (TPSA) is 87.1 Å². The Kier molecular flexibility index (Phi) is 12.1. The number of aliphatic hydroxyl groups is 2. The maximum Gasteiger partial charge on any atom is 0.410 e. The minimum atomic E-state index is -1.19. The molecule has 7 aliphatic rings. The van der Waals surface area contributed by atoms with Gasteiger partial charge < -0.3 is 19.8 Å². The van der Waals surface area contributed by atoms with Crippen LogP contribution in [0.1, 0.15) is 163 Å². The van der Waals surface area contributed by atoms with Crippen molar-refractivity contribution in [2.75, 3.05) is 13.1 Å². The smallest absolute Gasteiger partial charge is 0.410 e. The standard InChI is InChI=1S/C49H71NO5S/c1-30(2)38-18-12-32(4)24-43(38)55-46(53)50(28-35-15-16-36-27-42(35)47(36,6)7)29-49(54)23-21-41-39-19-14-34(26-40(39)45(52)44-20-13-33(5)56-44)25-37(51)17-11-31(3)10-9-22-48(41,49)8/h10,13-14,19-20,26,30,32,35-38,41-43,51,54H,9,11-12,15-18,21-25,27-29H2,1-8H3. The molecule has 0 radical (unpaired) electrons. The molecular formula is C49H71NO5S. The third kappa shape index (κ3) is 8.09. The SMILES string of the molecule is CC1=CCCC2(C)C(CCC2(O)CN(CC2CCC3CC2C3(C)C)C(=O)OC2CC(C)CCC2C(C)C)c2ccc(cc2C(=O)c2ccc(C)s2)CC(O)CC1. The number of hydrogen-bond acceptors (Lipinski definition) is 6. The molecule has 10 unspecified atom stereocenters. The Morgan fingerprint density at radius 3 is 2.46 bits per heavy atom. The Bertz CT molecular complexity index is 1770. The van der Waals surface area contributed by atoms with Gasteiger partial charge in [-0.2, -0.15) is 0 Å². The molecule has 2 aromatic rings. The highest BCUT2D eigenvalue weighted by atomic mass is 32.1. The molecule has 1 aromatic carbocycles. The molecule has 7 heteroatoms. The van der Waals surface area contributed by atoms with E-state index < -0.39 is 17.1 Å². The lowest BCUT2D eigenvalue weighted by molar-refractivity contribution is -0.122. The fraction of sp³-hybridized carbons (Fsp3) is 0.714. The number of aryl methyl sites for hydroxylation is 1.